The Morgan fingerprint density at radius 3 is 2.24 bits per heavy atom. The first-order chi connectivity index (χ1) is 13.8. The Kier molecular flexibility index (Phi) is 6.13. The Hall–Kier alpha value is -2.99. The SMILES string of the molecule is CCc1ccc(C2/C(=C(/O)c3ccc(F)cc3)C(=O)C(=O)N2CCN(C)C)cc1. The smallest absolute Gasteiger partial charge is 0.295 e. The lowest BCUT2D eigenvalue weighted by Crippen LogP contribution is -2.35. The van der Waals surface area contributed by atoms with Gasteiger partial charge < -0.3 is 14.9 Å². The summed E-state index contributed by atoms with van der Waals surface area (Å²) in [6.07, 6.45) is 0.872. The summed E-state index contributed by atoms with van der Waals surface area (Å²) in [6, 6.07) is 12.2. The van der Waals surface area contributed by atoms with Crippen molar-refractivity contribution in [2.45, 2.75) is 19.4 Å². The fourth-order valence-corrected chi connectivity index (χ4v) is 3.46. The Morgan fingerprint density at radius 1 is 1.07 bits per heavy atom. The summed E-state index contributed by atoms with van der Waals surface area (Å²) < 4.78 is 13.3. The van der Waals surface area contributed by atoms with E-state index < -0.39 is 23.5 Å². The van der Waals surface area contributed by atoms with Gasteiger partial charge in [0.05, 0.1) is 11.6 Å². The van der Waals surface area contributed by atoms with Crippen molar-refractivity contribution >= 4 is 17.4 Å². The summed E-state index contributed by atoms with van der Waals surface area (Å²) in [5, 5.41) is 10.9. The molecule has 1 fully saturated rings. The highest BCUT2D eigenvalue weighted by molar-refractivity contribution is 6.46. The minimum absolute atomic E-state index is 0.0320. The highest BCUT2D eigenvalue weighted by Crippen LogP contribution is 2.39. The zero-order chi connectivity index (χ0) is 21.1. The largest absolute Gasteiger partial charge is 0.507 e. The van der Waals surface area contributed by atoms with Gasteiger partial charge in [0.25, 0.3) is 11.7 Å². The van der Waals surface area contributed by atoms with E-state index in [-0.39, 0.29) is 11.3 Å². The monoisotopic (exact) mass is 396 g/mol. The Labute approximate surface area is 170 Å². The van der Waals surface area contributed by atoms with Gasteiger partial charge in [-0.3, -0.25) is 9.59 Å². The number of Topliss-reactive ketones (excluding diaryl/α,β-unsaturated/α-hetero) is 1. The van der Waals surface area contributed by atoms with Crippen LogP contribution in [0.1, 0.15) is 29.7 Å². The van der Waals surface area contributed by atoms with Gasteiger partial charge in [0.15, 0.2) is 0 Å². The van der Waals surface area contributed by atoms with Gasteiger partial charge in [-0.1, -0.05) is 31.2 Å². The number of likely N-dealkylation sites (tertiary alicyclic amines) is 1. The minimum atomic E-state index is -0.727. The predicted octanol–water partition coefficient (Wildman–Crippen LogP) is 3.37. The number of carbonyl (C=O) groups is 2. The van der Waals surface area contributed by atoms with Crippen molar-refractivity contribution in [1.29, 1.82) is 0 Å². The van der Waals surface area contributed by atoms with Gasteiger partial charge in [0, 0.05) is 18.7 Å². The molecular weight excluding hydrogens is 371 g/mol. The van der Waals surface area contributed by atoms with E-state index in [1.165, 1.54) is 29.2 Å². The number of hydrogen-bond acceptors (Lipinski definition) is 4. The molecule has 1 aliphatic rings. The highest BCUT2D eigenvalue weighted by Gasteiger charge is 2.45. The van der Waals surface area contributed by atoms with Crippen LogP contribution in [0.5, 0.6) is 0 Å². The van der Waals surface area contributed by atoms with E-state index in [9.17, 15) is 19.1 Å². The number of likely N-dealkylation sites (N-methyl/N-ethyl adjacent to an activating group) is 1. The number of halogens is 1. The molecule has 1 unspecified atom stereocenters. The van der Waals surface area contributed by atoms with Crippen LogP contribution in [0.2, 0.25) is 0 Å². The third kappa shape index (κ3) is 4.22. The molecule has 1 heterocycles. The molecule has 1 saturated heterocycles. The van der Waals surface area contributed by atoms with Gasteiger partial charge in [0.1, 0.15) is 11.6 Å². The first-order valence-electron chi connectivity index (χ1n) is 9.61. The molecule has 1 N–H and O–H groups in total. The molecule has 152 valence electrons. The van der Waals surface area contributed by atoms with Gasteiger partial charge in [-0.25, -0.2) is 4.39 Å². The summed E-state index contributed by atoms with van der Waals surface area (Å²) in [5.41, 5.74) is 2.22. The first-order valence-corrected chi connectivity index (χ1v) is 9.61. The lowest BCUT2D eigenvalue weighted by Gasteiger charge is -2.26. The van der Waals surface area contributed by atoms with Crippen molar-refractivity contribution in [2.75, 3.05) is 27.2 Å². The topological polar surface area (TPSA) is 60.9 Å². The number of benzene rings is 2. The third-order valence-electron chi connectivity index (χ3n) is 5.15. The van der Waals surface area contributed by atoms with Gasteiger partial charge in [0.2, 0.25) is 0 Å². The molecule has 0 saturated carbocycles. The van der Waals surface area contributed by atoms with Crippen LogP contribution in [-0.2, 0) is 16.0 Å². The lowest BCUT2D eigenvalue weighted by molar-refractivity contribution is -0.140. The molecule has 5 nitrogen and oxygen atoms in total. The molecule has 29 heavy (non-hydrogen) atoms. The van der Waals surface area contributed by atoms with E-state index in [2.05, 4.69) is 0 Å². The molecule has 0 aromatic heterocycles. The molecule has 3 rings (SSSR count). The molecule has 6 heteroatoms. The number of aliphatic hydroxyl groups excluding tert-OH is 1. The maximum absolute atomic E-state index is 13.3. The van der Waals surface area contributed by atoms with Gasteiger partial charge in [-0.2, -0.15) is 0 Å². The molecule has 0 aliphatic carbocycles. The second kappa shape index (κ2) is 8.57. The van der Waals surface area contributed by atoms with Gasteiger partial charge in [-0.05, 0) is 55.9 Å². The molecule has 2 aromatic carbocycles. The van der Waals surface area contributed by atoms with Crippen molar-refractivity contribution < 1.29 is 19.1 Å². The number of rotatable bonds is 6. The van der Waals surface area contributed by atoms with Crippen LogP contribution in [0.3, 0.4) is 0 Å². The number of aliphatic hydroxyl groups is 1. The number of nitrogens with zero attached hydrogens (tertiary/aromatic N) is 2. The molecule has 1 aliphatic heterocycles. The molecule has 0 bridgehead atoms. The third-order valence-corrected chi connectivity index (χ3v) is 5.15. The van der Waals surface area contributed by atoms with E-state index in [0.717, 1.165) is 17.5 Å². The van der Waals surface area contributed by atoms with Crippen LogP contribution < -0.4 is 0 Å². The molecule has 1 atom stereocenters. The van der Waals surface area contributed by atoms with Crippen LogP contribution in [0.25, 0.3) is 5.76 Å². The summed E-state index contributed by atoms with van der Waals surface area (Å²) in [4.78, 5) is 29.1. The van der Waals surface area contributed by atoms with Crippen molar-refractivity contribution in [1.82, 2.24) is 9.80 Å². The number of aryl methyl sites for hydroxylation is 1. The Balaban J connectivity index is 2.12. The second-order valence-corrected chi connectivity index (χ2v) is 7.40. The zero-order valence-corrected chi connectivity index (χ0v) is 16.9. The minimum Gasteiger partial charge on any atom is -0.507 e. The van der Waals surface area contributed by atoms with E-state index in [0.29, 0.717) is 18.7 Å². The van der Waals surface area contributed by atoms with Crippen LogP contribution in [0, 0.1) is 5.82 Å². The average molecular weight is 396 g/mol. The van der Waals surface area contributed by atoms with E-state index in [4.69, 9.17) is 0 Å². The average Bonchev–Trinajstić information content (AvgIpc) is 2.97. The number of carbonyl (C=O) groups excluding carboxylic acids is 2. The highest BCUT2D eigenvalue weighted by atomic mass is 19.1. The Bertz CT molecular complexity index is 934. The zero-order valence-electron chi connectivity index (χ0n) is 16.9. The fraction of sp³-hybridized carbons (Fsp3) is 0.304. The number of amides is 1. The lowest BCUT2D eigenvalue weighted by atomic mass is 9.94. The van der Waals surface area contributed by atoms with Crippen molar-refractivity contribution in [3.63, 3.8) is 0 Å². The molecule has 0 radical (unpaired) electrons. The van der Waals surface area contributed by atoms with E-state index in [1.54, 1.807) is 0 Å². The van der Waals surface area contributed by atoms with Gasteiger partial charge in [-0.15, -0.1) is 0 Å². The van der Waals surface area contributed by atoms with Crippen LogP contribution in [-0.4, -0.2) is 53.8 Å². The summed E-state index contributed by atoms with van der Waals surface area (Å²) in [5.74, 6) is -2.10. The quantitative estimate of drug-likeness (QED) is 0.462. The van der Waals surface area contributed by atoms with E-state index >= 15 is 0 Å². The van der Waals surface area contributed by atoms with E-state index in [1.807, 2.05) is 50.2 Å². The first kappa shape index (κ1) is 20.7. The second-order valence-electron chi connectivity index (χ2n) is 7.40. The van der Waals surface area contributed by atoms with Crippen molar-refractivity contribution in [3.05, 3.63) is 76.6 Å². The molecule has 0 spiro atoms. The maximum Gasteiger partial charge on any atom is 0.295 e. The van der Waals surface area contributed by atoms with Crippen molar-refractivity contribution in [2.24, 2.45) is 0 Å². The standard InChI is InChI=1S/C23H25FN2O3/c1-4-15-5-7-16(8-6-15)20-19(21(27)17-9-11-18(24)12-10-17)22(28)23(29)26(20)14-13-25(2)3/h5-12,20,27H,4,13-14H2,1-3H3/b21-19-. The number of hydrogen-bond donors (Lipinski definition) is 1. The maximum atomic E-state index is 13.3. The summed E-state index contributed by atoms with van der Waals surface area (Å²) in [6.45, 7) is 2.97. The Morgan fingerprint density at radius 2 is 1.69 bits per heavy atom. The summed E-state index contributed by atoms with van der Waals surface area (Å²) in [7, 11) is 3.78. The molecule has 2 aromatic rings. The fourth-order valence-electron chi connectivity index (χ4n) is 3.46. The summed E-state index contributed by atoms with van der Waals surface area (Å²) >= 11 is 0. The van der Waals surface area contributed by atoms with Crippen LogP contribution >= 0.6 is 0 Å². The molecule has 1 amide bonds. The van der Waals surface area contributed by atoms with Crippen molar-refractivity contribution in [3.8, 4) is 0 Å². The molecular formula is C23H25FN2O3. The normalized spacial score (nSPS) is 18.7. The number of ketones is 1. The van der Waals surface area contributed by atoms with Crippen LogP contribution in [0.4, 0.5) is 4.39 Å². The van der Waals surface area contributed by atoms with Crippen LogP contribution in [0.15, 0.2) is 54.1 Å². The van der Waals surface area contributed by atoms with Gasteiger partial charge >= 0.3 is 0 Å². The predicted molar refractivity (Wildman–Crippen MR) is 110 cm³/mol.